The van der Waals surface area contributed by atoms with Crippen LogP contribution in [0, 0.1) is 0 Å². The lowest BCUT2D eigenvalue weighted by Crippen LogP contribution is -2.20. The number of thiophene rings is 1. The van der Waals surface area contributed by atoms with Gasteiger partial charge in [0.2, 0.25) is 11.9 Å². The first-order chi connectivity index (χ1) is 14.0. The Morgan fingerprint density at radius 3 is 3.03 bits per heavy atom. The average molecular weight is 431 g/mol. The van der Waals surface area contributed by atoms with Crippen molar-refractivity contribution in [3.8, 4) is 0 Å². The molecule has 3 heterocycles. The number of ether oxygens (including phenoxy) is 1. The summed E-state index contributed by atoms with van der Waals surface area (Å²) in [4.78, 5) is 29.2. The fraction of sp³-hybridized carbons (Fsp3) is 0.250. The molecule has 2 amide bonds. The molecule has 9 heteroatoms. The van der Waals surface area contributed by atoms with Gasteiger partial charge >= 0.3 is 0 Å². The molecular formula is C20H19ClN4O3S. The molecule has 0 radical (unpaired) electrons. The number of benzene rings is 1. The van der Waals surface area contributed by atoms with E-state index in [1.807, 2.05) is 16.7 Å². The number of para-hydroxylation sites is 1. The Kier molecular flexibility index (Phi) is 5.66. The number of hydrogen-bond donors (Lipinski definition) is 2. The van der Waals surface area contributed by atoms with Crippen molar-refractivity contribution in [3.63, 3.8) is 0 Å². The van der Waals surface area contributed by atoms with Gasteiger partial charge in [-0.1, -0.05) is 24.2 Å². The quantitative estimate of drug-likeness (QED) is 0.571. The van der Waals surface area contributed by atoms with E-state index in [4.69, 9.17) is 16.3 Å². The number of amides is 2. The highest BCUT2D eigenvalue weighted by Crippen LogP contribution is 2.29. The highest BCUT2D eigenvalue weighted by molar-refractivity contribution is 7.12. The second kappa shape index (κ2) is 8.36. The molecule has 0 bridgehead atoms. The third-order valence-corrected chi connectivity index (χ3v) is 5.86. The second-order valence-corrected chi connectivity index (χ2v) is 7.95. The van der Waals surface area contributed by atoms with Gasteiger partial charge in [0.1, 0.15) is 0 Å². The lowest BCUT2D eigenvalue weighted by Gasteiger charge is -2.14. The highest BCUT2D eigenvalue weighted by Gasteiger charge is 2.22. The molecule has 29 heavy (non-hydrogen) atoms. The summed E-state index contributed by atoms with van der Waals surface area (Å²) in [6, 6.07) is 7.10. The first kappa shape index (κ1) is 19.6. The first-order valence-corrected chi connectivity index (χ1v) is 10.4. The van der Waals surface area contributed by atoms with Gasteiger partial charge < -0.3 is 14.6 Å². The Balaban J connectivity index is 1.61. The lowest BCUT2D eigenvalue weighted by molar-refractivity contribution is -0.111. The zero-order valence-corrected chi connectivity index (χ0v) is 17.1. The van der Waals surface area contributed by atoms with Gasteiger partial charge in [0.05, 0.1) is 39.3 Å². The fourth-order valence-corrected chi connectivity index (χ4v) is 4.29. The van der Waals surface area contributed by atoms with E-state index < -0.39 is 0 Å². The lowest BCUT2D eigenvalue weighted by atomic mass is 10.2. The van der Waals surface area contributed by atoms with Gasteiger partial charge in [-0.15, -0.1) is 11.3 Å². The number of halogens is 1. The third-order valence-electron chi connectivity index (χ3n) is 4.63. The molecule has 1 unspecified atom stereocenters. The monoisotopic (exact) mass is 430 g/mol. The van der Waals surface area contributed by atoms with Gasteiger partial charge in [0, 0.05) is 12.0 Å². The number of nitrogens with one attached hydrogen (secondary N) is 2. The molecule has 2 aromatic heterocycles. The molecule has 1 atom stereocenters. The number of carbonyl (C=O) groups is 2. The molecule has 0 saturated carbocycles. The summed E-state index contributed by atoms with van der Waals surface area (Å²) >= 11 is 7.65. The van der Waals surface area contributed by atoms with Gasteiger partial charge in [0.25, 0.3) is 5.91 Å². The number of nitrogens with zero attached hydrogens (tertiary/aromatic N) is 2. The van der Waals surface area contributed by atoms with Crippen molar-refractivity contribution in [1.29, 1.82) is 0 Å². The van der Waals surface area contributed by atoms with E-state index in [1.165, 1.54) is 17.4 Å². The Morgan fingerprint density at radius 1 is 1.41 bits per heavy atom. The number of rotatable bonds is 6. The van der Waals surface area contributed by atoms with Crippen LogP contribution in [-0.2, 0) is 16.1 Å². The molecule has 1 fully saturated rings. The summed E-state index contributed by atoms with van der Waals surface area (Å²) in [6.45, 7) is 4.71. The van der Waals surface area contributed by atoms with E-state index >= 15 is 0 Å². The Labute approximate surface area is 176 Å². The SMILES string of the molecule is C=CC(=O)Nc1csc(C(=O)Nc2nc3cccc(Cl)c3n2CC2CCCO2)c1. The molecule has 2 N–H and O–H groups in total. The van der Waals surface area contributed by atoms with Crippen LogP contribution in [0.2, 0.25) is 5.02 Å². The summed E-state index contributed by atoms with van der Waals surface area (Å²) in [5.74, 6) is -0.226. The van der Waals surface area contributed by atoms with Crippen molar-refractivity contribution in [3.05, 3.63) is 52.2 Å². The van der Waals surface area contributed by atoms with Crippen LogP contribution >= 0.6 is 22.9 Å². The van der Waals surface area contributed by atoms with E-state index in [9.17, 15) is 9.59 Å². The summed E-state index contributed by atoms with van der Waals surface area (Å²) in [5.41, 5.74) is 2.02. The highest BCUT2D eigenvalue weighted by atomic mass is 35.5. The maximum atomic E-state index is 12.8. The van der Waals surface area contributed by atoms with Crippen LogP contribution in [0.15, 0.2) is 42.3 Å². The van der Waals surface area contributed by atoms with Crippen molar-refractivity contribution in [2.24, 2.45) is 0 Å². The maximum Gasteiger partial charge on any atom is 0.268 e. The molecule has 0 spiro atoms. The molecule has 1 aromatic carbocycles. The molecule has 3 aromatic rings. The standard InChI is InChI=1S/C20H19ClN4O3S/c1-2-17(26)22-12-9-16(29-11-12)19(27)24-20-23-15-7-3-6-14(21)18(15)25(20)10-13-5-4-8-28-13/h2-3,6-7,9,11,13H,1,4-5,8,10H2,(H,22,26)(H,23,24,27). The summed E-state index contributed by atoms with van der Waals surface area (Å²) in [7, 11) is 0. The van der Waals surface area contributed by atoms with Crippen LogP contribution in [0.5, 0.6) is 0 Å². The molecule has 1 aliphatic rings. The Hall–Kier alpha value is -2.68. The zero-order chi connectivity index (χ0) is 20.4. The van der Waals surface area contributed by atoms with Crippen molar-refractivity contribution in [2.75, 3.05) is 17.2 Å². The Bertz CT molecular complexity index is 1080. The maximum absolute atomic E-state index is 12.8. The van der Waals surface area contributed by atoms with E-state index in [0.29, 0.717) is 33.6 Å². The number of aromatic nitrogens is 2. The smallest absolute Gasteiger partial charge is 0.268 e. The largest absolute Gasteiger partial charge is 0.376 e. The van der Waals surface area contributed by atoms with Crippen LogP contribution < -0.4 is 10.6 Å². The number of fused-ring (bicyclic) bond motifs is 1. The molecule has 1 saturated heterocycles. The van der Waals surface area contributed by atoms with Crippen LogP contribution in [0.1, 0.15) is 22.5 Å². The van der Waals surface area contributed by atoms with Crippen molar-refractivity contribution in [2.45, 2.75) is 25.5 Å². The van der Waals surface area contributed by atoms with Crippen molar-refractivity contribution >= 4 is 57.4 Å². The molecule has 7 nitrogen and oxygen atoms in total. The predicted molar refractivity (Wildman–Crippen MR) is 115 cm³/mol. The van der Waals surface area contributed by atoms with Gasteiger partial charge in [-0.05, 0) is 37.1 Å². The average Bonchev–Trinajstić information content (AvgIpc) is 3.44. The van der Waals surface area contributed by atoms with E-state index in [1.54, 1.807) is 17.5 Å². The van der Waals surface area contributed by atoms with E-state index in [0.717, 1.165) is 25.0 Å². The summed E-state index contributed by atoms with van der Waals surface area (Å²) in [5, 5.41) is 7.78. The summed E-state index contributed by atoms with van der Waals surface area (Å²) in [6.07, 6.45) is 3.20. The minimum absolute atomic E-state index is 0.0572. The number of anilines is 2. The topological polar surface area (TPSA) is 85.3 Å². The molecule has 4 rings (SSSR count). The van der Waals surface area contributed by atoms with Gasteiger partial charge in [0.15, 0.2) is 0 Å². The van der Waals surface area contributed by atoms with E-state index in [2.05, 4.69) is 22.2 Å². The normalized spacial score (nSPS) is 16.1. The molecule has 0 aliphatic carbocycles. The van der Waals surface area contributed by atoms with E-state index in [-0.39, 0.29) is 17.9 Å². The van der Waals surface area contributed by atoms with Gasteiger partial charge in [-0.2, -0.15) is 0 Å². The predicted octanol–water partition coefficient (Wildman–Crippen LogP) is 4.31. The van der Waals surface area contributed by atoms with Crippen LogP contribution in [0.25, 0.3) is 11.0 Å². The fourth-order valence-electron chi connectivity index (χ4n) is 3.28. The third kappa shape index (κ3) is 4.19. The van der Waals surface area contributed by atoms with Crippen LogP contribution in [-0.4, -0.2) is 34.1 Å². The number of carbonyl (C=O) groups excluding carboxylic acids is 2. The minimum Gasteiger partial charge on any atom is -0.376 e. The number of hydrogen-bond acceptors (Lipinski definition) is 5. The first-order valence-electron chi connectivity index (χ1n) is 9.15. The Morgan fingerprint density at radius 2 is 2.28 bits per heavy atom. The van der Waals surface area contributed by atoms with Gasteiger partial charge in [-0.25, -0.2) is 4.98 Å². The molecular weight excluding hydrogens is 412 g/mol. The number of imidazole rings is 1. The zero-order valence-electron chi connectivity index (χ0n) is 15.5. The van der Waals surface area contributed by atoms with Gasteiger partial charge in [-0.3, -0.25) is 14.9 Å². The molecule has 150 valence electrons. The van der Waals surface area contributed by atoms with Crippen molar-refractivity contribution < 1.29 is 14.3 Å². The summed E-state index contributed by atoms with van der Waals surface area (Å²) < 4.78 is 7.66. The minimum atomic E-state index is -0.331. The van der Waals surface area contributed by atoms with Crippen molar-refractivity contribution in [1.82, 2.24) is 9.55 Å². The van der Waals surface area contributed by atoms with Crippen LogP contribution in [0.3, 0.4) is 0 Å². The molecule has 1 aliphatic heterocycles. The second-order valence-electron chi connectivity index (χ2n) is 6.64. The van der Waals surface area contributed by atoms with Crippen LogP contribution in [0.4, 0.5) is 11.6 Å².